The molecule has 1 nitrogen and oxygen atoms in total. The summed E-state index contributed by atoms with van der Waals surface area (Å²) in [7, 11) is 0. The van der Waals surface area contributed by atoms with Crippen LogP contribution in [0.3, 0.4) is 0 Å². The topological polar surface area (TPSA) is 12.0 Å². The third-order valence-corrected chi connectivity index (χ3v) is 5.16. The zero-order valence-corrected chi connectivity index (χ0v) is 14.6. The van der Waals surface area contributed by atoms with Gasteiger partial charge in [0.2, 0.25) is 0 Å². The first kappa shape index (κ1) is 18.0. The molecule has 0 aromatic heterocycles. The lowest BCUT2D eigenvalue weighted by molar-refractivity contribution is 0.154. The lowest BCUT2D eigenvalue weighted by atomic mass is 9.71. The molecule has 1 aliphatic carbocycles. The maximum Gasteiger partial charge on any atom is 0.00104 e. The highest BCUT2D eigenvalue weighted by molar-refractivity contribution is 4.82. The van der Waals surface area contributed by atoms with Gasteiger partial charge >= 0.3 is 0 Å². The minimum absolute atomic E-state index is 0.643. The Kier molecular flexibility index (Phi) is 9.59. The number of rotatable bonds is 10. The number of unbranched alkanes of at least 4 members (excludes halogenated alkanes) is 3. The molecule has 0 bridgehead atoms. The van der Waals surface area contributed by atoms with E-state index in [1.807, 2.05) is 0 Å². The zero-order chi connectivity index (χ0) is 14.8. The van der Waals surface area contributed by atoms with E-state index in [4.69, 9.17) is 0 Å². The van der Waals surface area contributed by atoms with E-state index in [9.17, 15) is 0 Å². The molecule has 0 aliphatic heterocycles. The van der Waals surface area contributed by atoms with Crippen molar-refractivity contribution in [1.82, 2.24) is 5.32 Å². The summed E-state index contributed by atoms with van der Waals surface area (Å²) >= 11 is 0. The van der Waals surface area contributed by atoms with E-state index in [0.717, 1.165) is 17.8 Å². The van der Waals surface area contributed by atoms with Crippen LogP contribution in [0.4, 0.5) is 0 Å². The highest BCUT2D eigenvalue weighted by Gasteiger charge is 2.29. The van der Waals surface area contributed by atoms with Crippen molar-refractivity contribution in [2.75, 3.05) is 6.54 Å². The van der Waals surface area contributed by atoms with Crippen LogP contribution in [0.1, 0.15) is 91.9 Å². The van der Waals surface area contributed by atoms with Crippen molar-refractivity contribution in [2.45, 2.75) is 97.9 Å². The highest BCUT2D eigenvalue weighted by atomic mass is 14.9. The summed E-state index contributed by atoms with van der Waals surface area (Å²) in [6.45, 7) is 10.5. The molecule has 0 aromatic rings. The van der Waals surface area contributed by atoms with Crippen molar-refractivity contribution in [3.8, 4) is 0 Å². The third kappa shape index (κ3) is 7.11. The number of hydrogen-bond donors (Lipinski definition) is 1. The molecule has 1 aliphatic rings. The van der Waals surface area contributed by atoms with Crippen LogP contribution >= 0.6 is 0 Å². The standard InChI is InChI=1S/C19H39N/c1-5-7-8-9-11-18-14-17(10-6-2)12-13-19(18)15-20-16(3)4/h16-20H,5-15H2,1-4H3. The van der Waals surface area contributed by atoms with Gasteiger partial charge < -0.3 is 5.32 Å². The van der Waals surface area contributed by atoms with Crippen LogP contribution in [0.5, 0.6) is 0 Å². The Morgan fingerprint density at radius 3 is 2.35 bits per heavy atom. The van der Waals surface area contributed by atoms with E-state index in [2.05, 4.69) is 33.0 Å². The quantitative estimate of drug-likeness (QED) is 0.500. The lowest BCUT2D eigenvalue weighted by Gasteiger charge is -2.37. The van der Waals surface area contributed by atoms with Crippen molar-refractivity contribution < 1.29 is 0 Å². The Morgan fingerprint density at radius 1 is 0.900 bits per heavy atom. The first-order chi connectivity index (χ1) is 9.67. The monoisotopic (exact) mass is 281 g/mol. The smallest absolute Gasteiger partial charge is 0.00104 e. The molecular formula is C19H39N. The van der Waals surface area contributed by atoms with Crippen LogP contribution in [0.25, 0.3) is 0 Å². The molecule has 1 rings (SSSR count). The summed E-state index contributed by atoms with van der Waals surface area (Å²) in [5.74, 6) is 2.99. The molecule has 1 saturated carbocycles. The minimum Gasteiger partial charge on any atom is -0.314 e. The van der Waals surface area contributed by atoms with E-state index < -0.39 is 0 Å². The molecule has 0 spiro atoms. The second-order valence-electron chi connectivity index (χ2n) is 7.40. The summed E-state index contributed by atoms with van der Waals surface area (Å²) in [6, 6.07) is 0.643. The lowest BCUT2D eigenvalue weighted by Crippen LogP contribution is -2.36. The fraction of sp³-hybridized carbons (Fsp3) is 1.00. The van der Waals surface area contributed by atoms with Crippen LogP contribution in [0, 0.1) is 17.8 Å². The molecule has 20 heavy (non-hydrogen) atoms. The molecule has 0 amide bonds. The Morgan fingerprint density at radius 2 is 1.70 bits per heavy atom. The summed E-state index contributed by atoms with van der Waals surface area (Å²) < 4.78 is 0. The van der Waals surface area contributed by atoms with Crippen LogP contribution in [-0.2, 0) is 0 Å². The van der Waals surface area contributed by atoms with Crippen molar-refractivity contribution in [3.63, 3.8) is 0 Å². The van der Waals surface area contributed by atoms with Crippen LogP contribution in [0.15, 0.2) is 0 Å². The summed E-state index contributed by atoms with van der Waals surface area (Å²) in [6.07, 6.45) is 14.5. The Bertz CT molecular complexity index is 224. The Labute approximate surface area is 128 Å². The van der Waals surface area contributed by atoms with Crippen molar-refractivity contribution in [1.29, 1.82) is 0 Å². The maximum absolute atomic E-state index is 3.69. The van der Waals surface area contributed by atoms with Gasteiger partial charge in [-0.25, -0.2) is 0 Å². The van der Waals surface area contributed by atoms with Gasteiger partial charge in [0, 0.05) is 6.04 Å². The van der Waals surface area contributed by atoms with Gasteiger partial charge in [-0.2, -0.15) is 0 Å². The maximum atomic E-state index is 3.69. The third-order valence-electron chi connectivity index (χ3n) is 5.16. The Balaban J connectivity index is 2.39. The second-order valence-corrected chi connectivity index (χ2v) is 7.40. The van der Waals surface area contributed by atoms with Gasteiger partial charge in [0.25, 0.3) is 0 Å². The normalized spacial score (nSPS) is 27.1. The molecule has 120 valence electrons. The zero-order valence-electron chi connectivity index (χ0n) is 14.6. The van der Waals surface area contributed by atoms with E-state index in [0.29, 0.717) is 6.04 Å². The highest BCUT2D eigenvalue weighted by Crippen LogP contribution is 2.38. The molecule has 3 atom stereocenters. The fourth-order valence-corrected chi connectivity index (χ4v) is 3.94. The average Bonchev–Trinajstić information content (AvgIpc) is 2.43. The summed E-state index contributed by atoms with van der Waals surface area (Å²) in [5.41, 5.74) is 0. The minimum atomic E-state index is 0.643. The van der Waals surface area contributed by atoms with Gasteiger partial charge in [-0.3, -0.25) is 0 Å². The average molecular weight is 282 g/mol. The number of hydrogen-bond acceptors (Lipinski definition) is 1. The van der Waals surface area contributed by atoms with Crippen molar-refractivity contribution in [3.05, 3.63) is 0 Å². The number of nitrogens with one attached hydrogen (secondary N) is 1. The van der Waals surface area contributed by atoms with E-state index in [-0.39, 0.29) is 0 Å². The van der Waals surface area contributed by atoms with Gasteiger partial charge in [0.05, 0.1) is 0 Å². The van der Waals surface area contributed by atoms with Crippen molar-refractivity contribution in [2.24, 2.45) is 17.8 Å². The van der Waals surface area contributed by atoms with Crippen molar-refractivity contribution >= 4 is 0 Å². The molecule has 0 aromatic carbocycles. The fourth-order valence-electron chi connectivity index (χ4n) is 3.94. The summed E-state index contributed by atoms with van der Waals surface area (Å²) in [5, 5.41) is 3.69. The Hall–Kier alpha value is -0.0400. The van der Waals surface area contributed by atoms with Crippen LogP contribution in [0.2, 0.25) is 0 Å². The van der Waals surface area contributed by atoms with Gasteiger partial charge in [-0.1, -0.05) is 79.1 Å². The van der Waals surface area contributed by atoms with Gasteiger partial charge in [-0.15, -0.1) is 0 Å². The molecule has 3 unspecified atom stereocenters. The molecule has 0 heterocycles. The first-order valence-corrected chi connectivity index (χ1v) is 9.40. The molecular weight excluding hydrogens is 242 g/mol. The van der Waals surface area contributed by atoms with Gasteiger partial charge in [-0.05, 0) is 37.1 Å². The first-order valence-electron chi connectivity index (χ1n) is 9.40. The predicted octanol–water partition coefficient (Wildman–Crippen LogP) is 5.79. The van der Waals surface area contributed by atoms with E-state index in [1.54, 1.807) is 0 Å². The molecule has 0 radical (unpaired) electrons. The molecule has 0 saturated heterocycles. The predicted molar refractivity (Wildman–Crippen MR) is 91.1 cm³/mol. The largest absolute Gasteiger partial charge is 0.314 e. The SMILES string of the molecule is CCCCCCC1CC(CCC)CCC1CNC(C)C. The van der Waals surface area contributed by atoms with Gasteiger partial charge in [0.1, 0.15) is 0 Å². The van der Waals surface area contributed by atoms with Crippen LogP contribution in [-0.4, -0.2) is 12.6 Å². The van der Waals surface area contributed by atoms with E-state index in [1.165, 1.54) is 70.8 Å². The summed E-state index contributed by atoms with van der Waals surface area (Å²) in [4.78, 5) is 0. The van der Waals surface area contributed by atoms with Crippen LogP contribution < -0.4 is 5.32 Å². The van der Waals surface area contributed by atoms with Gasteiger partial charge in [0.15, 0.2) is 0 Å². The molecule has 1 heteroatoms. The second kappa shape index (κ2) is 10.7. The molecule has 1 fully saturated rings. The van der Waals surface area contributed by atoms with E-state index >= 15 is 0 Å². The molecule has 1 N–H and O–H groups in total.